The number of nitrogens with zero attached hydrogens (tertiary/aromatic N) is 1. The zero-order valence-corrected chi connectivity index (χ0v) is 10.1. The van der Waals surface area contributed by atoms with Crippen molar-refractivity contribution in [3.8, 4) is 5.75 Å². The molecule has 0 aliphatic heterocycles. The summed E-state index contributed by atoms with van der Waals surface area (Å²) >= 11 is 0. The van der Waals surface area contributed by atoms with Gasteiger partial charge in [-0.25, -0.2) is 4.79 Å². The normalized spacial score (nSPS) is 10.9. The molecule has 0 aliphatic rings. The second-order valence-electron chi connectivity index (χ2n) is 3.40. The number of esters is 1. The van der Waals surface area contributed by atoms with Crippen molar-refractivity contribution < 1.29 is 19.4 Å². The first-order valence-electron chi connectivity index (χ1n) is 5.35. The Labute approximate surface area is 104 Å². The maximum Gasteiger partial charge on any atom is 0.362 e. The van der Waals surface area contributed by atoms with Crippen LogP contribution in [0.25, 0.3) is 0 Å². The Morgan fingerprint density at radius 1 is 1.33 bits per heavy atom. The zero-order valence-electron chi connectivity index (χ0n) is 10.1. The third-order valence-electron chi connectivity index (χ3n) is 1.97. The van der Waals surface area contributed by atoms with Crippen LogP contribution in [0.15, 0.2) is 29.4 Å². The fourth-order valence-corrected chi connectivity index (χ4v) is 1.12. The Bertz CT molecular complexity index is 465. The first kappa shape index (κ1) is 13.7. The highest BCUT2D eigenvalue weighted by molar-refractivity contribution is 6.64. The highest BCUT2D eigenvalue weighted by Gasteiger charge is 2.17. The minimum absolute atomic E-state index is 0.113. The molecule has 1 aromatic carbocycles. The first-order valence-corrected chi connectivity index (χ1v) is 5.35. The summed E-state index contributed by atoms with van der Waals surface area (Å²) in [5.74, 6) is -1.14. The fraction of sp³-hybridized carbons (Fsp3) is 0.250. The second-order valence-corrected chi connectivity index (χ2v) is 3.40. The molecule has 0 spiro atoms. The third-order valence-corrected chi connectivity index (χ3v) is 1.97. The number of anilines is 1. The molecule has 0 saturated carbocycles. The quantitative estimate of drug-likeness (QED) is 0.270. The van der Waals surface area contributed by atoms with Crippen molar-refractivity contribution in [2.75, 3.05) is 12.0 Å². The molecule has 0 fully saturated rings. The van der Waals surface area contributed by atoms with Crippen molar-refractivity contribution in [2.45, 2.75) is 13.8 Å². The van der Waals surface area contributed by atoms with Crippen molar-refractivity contribution in [1.29, 1.82) is 0 Å². The number of hydrazone groups is 1. The molecule has 0 aromatic heterocycles. The Morgan fingerprint density at radius 2 is 1.94 bits per heavy atom. The zero-order chi connectivity index (χ0) is 13.5. The molecule has 0 saturated heterocycles. The molecular formula is C12H14N2O4. The Morgan fingerprint density at radius 3 is 2.44 bits per heavy atom. The topological polar surface area (TPSA) is 88.0 Å². The van der Waals surface area contributed by atoms with Gasteiger partial charge in [-0.1, -0.05) is 0 Å². The summed E-state index contributed by atoms with van der Waals surface area (Å²) in [6.07, 6.45) is 0. The predicted octanol–water partition coefficient (Wildman–Crippen LogP) is 1.31. The van der Waals surface area contributed by atoms with Crippen LogP contribution in [0.3, 0.4) is 0 Å². The summed E-state index contributed by atoms with van der Waals surface area (Å²) in [7, 11) is 0. The lowest BCUT2D eigenvalue weighted by atomic mass is 10.3. The average molecular weight is 250 g/mol. The molecule has 0 bridgehead atoms. The number of hydrogen-bond acceptors (Lipinski definition) is 6. The van der Waals surface area contributed by atoms with Gasteiger partial charge in [-0.3, -0.25) is 10.2 Å². The van der Waals surface area contributed by atoms with E-state index >= 15 is 0 Å². The number of phenols is 1. The van der Waals surface area contributed by atoms with Crippen molar-refractivity contribution in [3.63, 3.8) is 0 Å². The number of hydrogen-bond donors (Lipinski definition) is 2. The van der Waals surface area contributed by atoms with Crippen molar-refractivity contribution >= 4 is 23.2 Å². The number of ketones is 1. The lowest BCUT2D eigenvalue weighted by Gasteiger charge is -2.04. The molecule has 0 radical (unpaired) electrons. The monoisotopic (exact) mass is 250 g/mol. The Balaban J connectivity index is 2.80. The molecule has 1 aromatic rings. The van der Waals surface area contributed by atoms with Crippen molar-refractivity contribution in [1.82, 2.24) is 0 Å². The van der Waals surface area contributed by atoms with Gasteiger partial charge >= 0.3 is 5.97 Å². The highest BCUT2D eigenvalue weighted by atomic mass is 16.5. The molecule has 0 atom stereocenters. The van der Waals surface area contributed by atoms with Crippen molar-refractivity contribution in [2.24, 2.45) is 5.10 Å². The number of benzene rings is 1. The summed E-state index contributed by atoms with van der Waals surface area (Å²) in [6, 6.07) is 6.02. The number of carbonyl (C=O) groups excluding carboxylic acids is 2. The van der Waals surface area contributed by atoms with Gasteiger partial charge in [0.2, 0.25) is 5.71 Å². The largest absolute Gasteiger partial charge is 0.508 e. The van der Waals surface area contributed by atoms with Gasteiger partial charge in [0.05, 0.1) is 12.3 Å². The van der Waals surface area contributed by atoms with Crippen LogP contribution in [0.4, 0.5) is 5.69 Å². The molecule has 6 nitrogen and oxygen atoms in total. The standard InChI is InChI=1S/C12H14N2O4/c1-3-18-12(17)11(8(2)15)14-13-9-4-6-10(16)7-5-9/h4-7,13,16H,3H2,1-2H3/b14-11-. The summed E-state index contributed by atoms with van der Waals surface area (Å²) in [5, 5.41) is 12.8. The predicted molar refractivity (Wildman–Crippen MR) is 66.5 cm³/mol. The van der Waals surface area contributed by atoms with Gasteiger partial charge in [0, 0.05) is 6.92 Å². The maximum absolute atomic E-state index is 11.4. The van der Waals surface area contributed by atoms with Gasteiger partial charge < -0.3 is 9.84 Å². The molecule has 0 aliphatic carbocycles. The molecule has 96 valence electrons. The fourth-order valence-electron chi connectivity index (χ4n) is 1.12. The van der Waals surface area contributed by atoms with Crippen LogP contribution in [-0.4, -0.2) is 29.2 Å². The molecule has 0 unspecified atom stereocenters. The number of rotatable bonds is 5. The lowest BCUT2D eigenvalue weighted by Crippen LogP contribution is -2.25. The van der Waals surface area contributed by atoms with Gasteiger partial charge in [-0.2, -0.15) is 5.10 Å². The maximum atomic E-state index is 11.4. The molecule has 0 heterocycles. The van der Waals surface area contributed by atoms with Gasteiger partial charge in [-0.15, -0.1) is 0 Å². The smallest absolute Gasteiger partial charge is 0.362 e. The van der Waals surface area contributed by atoms with E-state index < -0.39 is 11.8 Å². The SMILES string of the molecule is CCOC(=O)/C(=N\Nc1ccc(O)cc1)C(C)=O. The summed E-state index contributed by atoms with van der Waals surface area (Å²) < 4.78 is 4.70. The number of ether oxygens (including phenoxy) is 1. The third kappa shape index (κ3) is 3.89. The van der Waals surface area contributed by atoms with E-state index in [0.29, 0.717) is 5.69 Å². The number of nitrogens with one attached hydrogen (secondary N) is 1. The number of aromatic hydroxyl groups is 1. The van der Waals surface area contributed by atoms with E-state index in [1.54, 1.807) is 19.1 Å². The Hall–Kier alpha value is -2.37. The molecule has 6 heteroatoms. The first-order chi connectivity index (χ1) is 8.54. The van der Waals surface area contributed by atoms with Crippen LogP contribution in [0.5, 0.6) is 5.75 Å². The van der Waals surface area contributed by atoms with Gasteiger partial charge in [0.15, 0.2) is 5.78 Å². The van der Waals surface area contributed by atoms with E-state index in [2.05, 4.69) is 10.5 Å². The van der Waals surface area contributed by atoms with E-state index in [0.717, 1.165) is 0 Å². The average Bonchev–Trinajstić information content (AvgIpc) is 2.31. The molecule has 2 N–H and O–H groups in total. The summed E-state index contributed by atoms with van der Waals surface area (Å²) in [5.41, 5.74) is 2.78. The lowest BCUT2D eigenvalue weighted by molar-refractivity contribution is -0.135. The van der Waals surface area contributed by atoms with Crippen LogP contribution in [0, 0.1) is 0 Å². The van der Waals surface area contributed by atoms with Gasteiger partial charge in [0.1, 0.15) is 5.75 Å². The molecule has 0 amide bonds. The van der Waals surface area contributed by atoms with E-state index in [4.69, 9.17) is 9.84 Å². The van der Waals surface area contributed by atoms with Crippen LogP contribution >= 0.6 is 0 Å². The van der Waals surface area contributed by atoms with E-state index in [-0.39, 0.29) is 18.1 Å². The molecule has 1 rings (SSSR count). The number of phenolic OH excluding ortho intramolecular Hbond substituents is 1. The van der Waals surface area contributed by atoms with Gasteiger partial charge in [0.25, 0.3) is 0 Å². The van der Waals surface area contributed by atoms with Crippen LogP contribution < -0.4 is 5.43 Å². The minimum Gasteiger partial charge on any atom is -0.508 e. The van der Waals surface area contributed by atoms with Crippen LogP contribution in [-0.2, 0) is 14.3 Å². The number of carbonyl (C=O) groups is 2. The molecular weight excluding hydrogens is 236 g/mol. The van der Waals surface area contributed by atoms with Gasteiger partial charge in [-0.05, 0) is 31.2 Å². The van der Waals surface area contributed by atoms with E-state index in [9.17, 15) is 9.59 Å². The van der Waals surface area contributed by atoms with E-state index in [1.807, 2.05) is 0 Å². The second kappa shape index (κ2) is 6.39. The Kier molecular flexibility index (Phi) is 4.86. The van der Waals surface area contributed by atoms with Crippen LogP contribution in [0.1, 0.15) is 13.8 Å². The number of Topliss-reactive ketones (excluding diaryl/α,β-unsaturated/α-hetero) is 1. The molecule has 18 heavy (non-hydrogen) atoms. The van der Waals surface area contributed by atoms with E-state index in [1.165, 1.54) is 19.1 Å². The minimum atomic E-state index is -0.767. The summed E-state index contributed by atoms with van der Waals surface area (Å²) in [4.78, 5) is 22.6. The van der Waals surface area contributed by atoms with Crippen molar-refractivity contribution in [3.05, 3.63) is 24.3 Å². The van der Waals surface area contributed by atoms with Crippen LogP contribution in [0.2, 0.25) is 0 Å². The summed E-state index contributed by atoms with van der Waals surface area (Å²) in [6.45, 7) is 3.04. The highest BCUT2D eigenvalue weighted by Crippen LogP contribution is 2.13.